The molecule has 0 fully saturated rings. The zero-order valence-electron chi connectivity index (χ0n) is 15.9. The molecule has 3 rings (SSSR count). The minimum Gasteiger partial charge on any atom is -0.467 e. The van der Waals surface area contributed by atoms with E-state index in [9.17, 15) is 22.7 Å². The number of hydrogen-bond donors (Lipinski definition) is 3. The van der Waals surface area contributed by atoms with E-state index in [-0.39, 0.29) is 18.7 Å². The molecule has 0 bridgehead atoms. The number of carbonyl (C=O) groups is 1. The van der Waals surface area contributed by atoms with Crippen LogP contribution in [0.5, 0.6) is 0 Å². The topological polar surface area (TPSA) is 109 Å². The molecular weight excluding hydrogens is 411 g/mol. The van der Waals surface area contributed by atoms with Gasteiger partial charge < -0.3 is 14.8 Å². The molecule has 2 aromatic carbocycles. The van der Waals surface area contributed by atoms with Crippen LogP contribution < -0.4 is 10.0 Å². The van der Waals surface area contributed by atoms with Gasteiger partial charge in [0.05, 0.1) is 12.8 Å². The first-order chi connectivity index (χ1) is 14.4. The third kappa shape index (κ3) is 5.53. The van der Waals surface area contributed by atoms with Crippen LogP contribution in [0.3, 0.4) is 0 Å². The van der Waals surface area contributed by atoms with Gasteiger partial charge >= 0.3 is 0 Å². The Morgan fingerprint density at radius 2 is 1.73 bits per heavy atom. The molecule has 2 unspecified atom stereocenters. The molecule has 1 aromatic heterocycles. The minimum atomic E-state index is -4.30. The number of carbonyl (C=O) groups excluding carboxylic acids is 1. The lowest BCUT2D eigenvalue weighted by Gasteiger charge is -2.20. The number of aliphatic hydroxyl groups is 1. The van der Waals surface area contributed by atoms with E-state index in [0.29, 0.717) is 5.56 Å². The molecule has 3 N–H and O–H groups in total. The summed E-state index contributed by atoms with van der Waals surface area (Å²) >= 11 is 0. The fraction of sp³-hybridized carbons (Fsp3) is 0.190. The van der Waals surface area contributed by atoms with Crippen molar-refractivity contribution >= 4 is 15.9 Å². The second kappa shape index (κ2) is 9.66. The predicted molar refractivity (Wildman–Crippen MR) is 107 cm³/mol. The van der Waals surface area contributed by atoms with E-state index >= 15 is 0 Å². The van der Waals surface area contributed by atoms with Crippen molar-refractivity contribution < 1.29 is 27.1 Å². The van der Waals surface area contributed by atoms with Crippen LogP contribution in [0.25, 0.3) is 0 Å². The van der Waals surface area contributed by atoms with E-state index in [4.69, 9.17) is 4.42 Å². The summed E-state index contributed by atoms with van der Waals surface area (Å²) in [7, 11) is -4.30. The molecule has 0 saturated carbocycles. The monoisotopic (exact) mass is 432 g/mol. The summed E-state index contributed by atoms with van der Waals surface area (Å²) in [6, 6.07) is 15.7. The lowest BCUT2D eigenvalue weighted by atomic mass is 10.1. The fourth-order valence-corrected chi connectivity index (χ4v) is 4.13. The fourth-order valence-electron chi connectivity index (χ4n) is 2.85. The molecule has 0 spiro atoms. The molecule has 158 valence electrons. The second-order valence-electron chi connectivity index (χ2n) is 6.57. The van der Waals surface area contributed by atoms with Gasteiger partial charge in [0.2, 0.25) is 15.9 Å². The number of benzene rings is 2. The Hall–Kier alpha value is -3.01. The van der Waals surface area contributed by atoms with Crippen molar-refractivity contribution in [2.75, 3.05) is 6.54 Å². The van der Waals surface area contributed by atoms with Crippen molar-refractivity contribution in [3.63, 3.8) is 0 Å². The van der Waals surface area contributed by atoms with Gasteiger partial charge in [0.15, 0.2) is 0 Å². The molecule has 3 aromatic rings. The van der Waals surface area contributed by atoms with Crippen LogP contribution in [0.4, 0.5) is 4.39 Å². The SMILES string of the molecule is O=C(NCC(O)c1ccco1)C(Cc1ccccc1)NS(=O)(=O)c1ccccc1F. The Morgan fingerprint density at radius 3 is 2.40 bits per heavy atom. The van der Waals surface area contributed by atoms with Gasteiger partial charge in [-0.05, 0) is 36.2 Å². The zero-order chi connectivity index (χ0) is 21.6. The summed E-state index contributed by atoms with van der Waals surface area (Å²) in [5, 5.41) is 12.6. The third-order valence-electron chi connectivity index (χ3n) is 4.36. The zero-order valence-corrected chi connectivity index (χ0v) is 16.7. The summed E-state index contributed by atoms with van der Waals surface area (Å²) < 4.78 is 46.7. The van der Waals surface area contributed by atoms with Crippen molar-refractivity contribution in [1.29, 1.82) is 0 Å². The Kier molecular flexibility index (Phi) is 6.99. The van der Waals surface area contributed by atoms with Gasteiger partial charge in [0.1, 0.15) is 28.6 Å². The van der Waals surface area contributed by atoms with E-state index in [1.165, 1.54) is 18.4 Å². The average Bonchev–Trinajstić information content (AvgIpc) is 3.27. The van der Waals surface area contributed by atoms with Gasteiger partial charge in [-0.25, -0.2) is 12.8 Å². The number of aliphatic hydroxyl groups excluding tert-OH is 1. The van der Waals surface area contributed by atoms with Crippen LogP contribution in [0, 0.1) is 5.82 Å². The quantitative estimate of drug-likeness (QED) is 0.480. The Bertz CT molecular complexity index is 1070. The van der Waals surface area contributed by atoms with Crippen LogP contribution in [0.2, 0.25) is 0 Å². The van der Waals surface area contributed by atoms with E-state index in [0.717, 1.165) is 12.1 Å². The Labute approximate surface area is 173 Å². The van der Waals surface area contributed by atoms with E-state index in [2.05, 4.69) is 10.0 Å². The van der Waals surface area contributed by atoms with Crippen LogP contribution in [0.1, 0.15) is 17.4 Å². The summed E-state index contributed by atoms with van der Waals surface area (Å²) in [5.41, 5.74) is 0.709. The van der Waals surface area contributed by atoms with Crippen molar-refractivity contribution in [3.8, 4) is 0 Å². The maximum atomic E-state index is 14.0. The largest absolute Gasteiger partial charge is 0.467 e. The first-order valence-corrected chi connectivity index (χ1v) is 10.6. The smallest absolute Gasteiger partial charge is 0.244 e. The number of hydrogen-bond acceptors (Lipinski definition) is 5. The maximum absolute atomic E-state index is 14.0. The van der Waals surface area contributed by atoms with Crippen molar-refractivity contribution in [3.05, 3.63) is 90.1 Å². The van der Waals surface area contributed by atoms with Crippen LogP contribution in [0.15, 0.2) is 82.3 Å². The lowest BCUT2D eigenvalue weighted by Crippen LogP contribution is -2.48. The highest BCUT2D eigenvalue weighted by atomic mass is 32.2. The number of nitrogens with one attached hydrogen (secondary N) is 2. The molecule has 0 aliphatic carbocycles. The number of furan rings is 1. The summed E-state index contributed by atoms with van der Waals surface area (Å²) in [4.78, 5) is 12.2. The molecule has 0 aliphatic heterocycles. The molecular formula is C21H21FN2O5S. The van der Waals surface area contributed by atoms with Crippen molar-refractivity contribution in [1.82, 2.24) is 10.0 Å². The van der Waals surface area contributed by atoms with E-state index in [1.54, 1.807) is 42.5 Å². The van der Waals surface area contributed by atoms with Crippen molar-refractivity contribution in [2.45, 2.75) is 23.5 Å². The lowest BCUT2D eigenvalue weighted by molar-refractivity contribution is -0.123. The molecule has 1 heterocycles. The van der Waals surface area contributed by atoms with Gasteiger partial charge in [-0.3, -0.25) is 4.79 Å². The minimum absolute atomic E-state index is 0.0389. The molecule has 0 radical (unpaired) electrons. The highest BCUT2D eigenvalue weighted by Crippen LogP contribution is 2.16. The summed E-state index contributed by atoms with van der Waals surface area (Å²) in [6.07, 6.45) is 0.336. The molecule has 2 atom stereocenters. The number of halogens is 1. The highest BCUT2D eigenvalue weighted by molar-refractivity contribution is 7.89. The normalized spacial score (nSPS) is 13.5. The first-order valence-electron chi connectivity index (χ1n) is 9.17. The number of amides is 1. The number of sulfonamides is 1. The molecule has 9 heteroatoms. The van der Waals surface area contributed by atoms with Gasteiger partial charge in [-0.2, -0.15) is 4.72 Å². The Balaban J connectivity index is 1.77. The van der Waals surface area contributed by atoms with Gasteiger partial charge in [-0.1, -0.05) is 42.5 Å². The van der Waals surface area contributed by atoms with Crippen LogP contribution in [-0.4, -0.2) is 32.0 Å². The van der Waals surface area contributed by atoms with E-state index < -0.39 is 38.8 Å². The molecule has 30 heavy (non-hydrogen) atoms. The average molecular weight is 432 g/mol. The number of rotatable bonds is 9. The van der Waals surface area contributed by atoms with Crippen LogP contribution >= 0.6 is 0 Å². The predicted octanol–water partition coefficient (Wildman–Crippen LogP) is 2.16. The molecule has 1 amide bonds. The third-order valence-corrected chi connectivity index (χ3v) is 5.87. The summed E-state index contributed by atoms with van der Waals surface area (Å²) in [6.45, 7) is -0.181. The maximum Gasteiger partial charge on any atom is 0.244 e. The molecule has 0 aliphatic rings. The Morgan fingerprint density at radius 1 is 1.03 bits per heavy atom. The van der Waals surface area contributed by atoms with Gasteiger partial charge in [0, 0.05) is 0 Å². The first kappa shape index (κ1) is 21.7. The molecule has 0 saturated heterocycles. The van der Waals surface area contributed by atoms with Gasteiger partial charge in [0.25, 0.3) is 0 Å². The van der Waals surface area contributed by atoms with Gasteiger partial charge in [-0.15, -0.1) is 0 Å². The van der Waals surface area contributed by atoms with E-state index in [1.807, 2.05) is 0 Å². The second-order valence-corrected chi connectivity index (χ2v) is 8.25. The highest BCUT2D eigenvalue weighted by Gasteiger charge is 2.28. The standard InChI is InChI=1S/C21H21FN2O5S/c22-16-9-4-5-11-20(16)30(27,28)24-17(13-15-7-2-1-3-8-15)21(26)23-14-18(25)19-10-6-12-29-19/h1-12,17-18,24-25H,13-14H2,(H,23,26). The van der Waals surface area contributed by atoms with Crippen molar-refractivity contribution in [2.24, 2.45) is 0 Å². The summed E-state index contributed by atoms with van der Waals surface area (Å²) in [5.74, 6) is -1.32. The van der Waals surface area contributed by atoms with Crippen LogP contribution in [-0.2, 0) is 21.2 Å². The molecule has 7 nitrogen and oxygen atoms in total.